The second kappa shape index (κ2) is 13.2. The molecule has 0 N–H and O–H groups in total. The molecular weight excluding hydrogens is 334 g/mol. The van der Waals surface area contributed by atoms with E-state index in [4.69, 9.17) is 0 Å². The number of para-hydroxylation sites is 1. The zero-order valence-electron chi connectivity index (χ0n) is 16.9. The predicted molar refractivity (Wildman–Crippen MR) is 113 cm³/mol. The summed E-state index contributed by atoms with van der Waals surface area (Å²) in [5.74, 6) is 0.0525. The molecule has 0 spiro atoms. The Hall–Kier alpha value is -1.97. The molecule has 1 aromatic carbocycles. The average Bonchev–Trinajstić information content (AvgIpc) is 3.12. The summed E-state index contributed by atoms with van der Waals surface area (Å²) in [5, 5.41) is 8.04. The van der Waals surface area contributed by atoms with E-state index in [1.165, 1.54) is 68.9 Å². The molecule has 0 saturated heterocycles. The zero-order valence-corrected chi connectivity index (χ0v) is 16.9. The Morgan fingerprint density at radius 3 is 2.26 bits per heavy atom. The minimum Gasteiger partial charge on any atom is -0.273 e. The molecule has 2 rings (SSSR count). The van der Waals surface area contributed by atoms with Crippen LogP contribution in [0.2, 0.25) is 0 Å². The number of nitrogens with zero attached hydrogens (tertiary/aromatic N) is 3. The van der Waals surface area contributed by atoms with Crippen LogP contribution in [-0.2, 0) is 0 Å². The third-order valence-corrected chi connectivity index (χ3v) is 4.97. The highest BCUT2D eigenvalue weighted by molar-refractivity contribution is 5.88. The number of allylic oxidation sites excluding steroid dienone is 2. The van der Waals surface area contributed by atoms with E-state index in [1.807, 2.05) is 24.3 Å². The minimum atomic E-state index is 0.0525. The van der Waals surface area contributed by atoms with E-state index in [0.717, 1.165) is 23.9 Å². The Morgan fingerprint density at radius 1 is 0.889 bits per heavy atom. The maximum Gasteiger partial charge on any atom is 0.248 e. The van der Waals surface area contributed by atoms with Gasteiger partial charge in [-0.25, -0.2) is 0 Å². The Morgan fingerprint density at radius 2 is 1.52 bits per heavy atom. The molecular formula is C23H35N3O. The minimum absolute atomic E-state index is 0.0525. The molecule has 0 saturated carbocycles. The predicted octanol–water partition coefficient (Wildman–Crippen LogP) is 6.72. The highest BCUT2D eigenvalue weighted by Gasteiger charge is 2.10. The highest BCUT2D eigenvalue weighted by Crippen LogP contribution is 2.14. The Balaban J connectivity index is 1.44. The van der Waals surface area contributed by atoms with Crippen molar-refractivity contribution in [1.29, 1.82) is 0 Å². The molecule has 0 amide bonds. The van der Waals surface area contributed by atoms with Gasteiger partial charge in [0.25, 0.3) is 0 Å². The van der Waals surface area contributed by atoms with Crippen molar-refractivity contribution in [3.63, 3.8) is 0 Å². The number of rotatable bonds is 14. The van der Waals surface area contributed by atoms with Crippen LogP contribution in [0.3, 0.4) is 0 Å². The van der Waals surface area contributed by atoms with Gasteiger partial charge in [-0.3, -0.25) is 4.79 Å². The summed E-state index contributed by atoms with van der Waals surface area (Å²) in [6.45, 7) is 2.22. The van der Waals surface area contributed by atoms with Crippen LogP contribution in [-0.4, -0.2) is 20.9 Å². The van der Waals surface area contributed by atoms with Gasteiger partial charge < -0.3 is 0 Å². The lowest BCUT2D eigenvalue weighted by Crippen LogP contribution is -2.12. The van der Waals surface area contributed by atoms with E-state index in [-0.39, 0.29) is 5.91 Å². The molecule has 0 bridgehead atoms. The van der Waals surface area contributed by atoms with E-state index >= 15 is 0 Å². The Kier molecular flexibility index (Phi) is 10.5. The molecule has 2 aromatic rings. The zero-order chi connectivity index (χ0) is 19.2. The van der Waals surface area contributed by atoms with Gasteiger partial charge in [0.05, 0.1) is 5.52 Å². The first-order chi connectivity index (χ1) is 13.3. The van der Waals surface area contributed by atoms with E-state index < -0.39 is 0 Å². The Labute approximate surface area is 164 Å². The summed E-state index contributed by atoms with van der Waals surface area (Å²) in [6.07, 6.45) is 20.2. The number of fused-ring (bicyclic) bond motifs is 1. The van der Waals surface area contributed by atoms with E-state index in [0.29, 0.717) is 6.42 Å². The fourth-order valence-corrected chi connectivity index (χ4v) is 3.34. The molecule has 0 unspecified atom stereocenters. The lowest BCUT2D eigenvalue weighted by atomic mass is 10.1. The number of aromatic nitrogens is 3. The third kappa shape index (κ3) is 8.06. The van der Waals surface area contributed by atoms with Crippen LogP contribution in [0.5, 0.6) is 0 Å². The molecule has 148 valence electrons. The molecule has 0 atom stereocenters. The molecule has 0 aliphatic rings. The third-order valence-electron chi connectivity index (χ3n) is 4.97. The van der Waals surface area contributed by atoms with Gasteiger partial charge in [0.2, 0.25) is 5.91 Å². The monoisotopic (exact) mass is 369 g/mol. The molecule has 0 fully saturated rings. The van der Waals surface area contributed by atoms with Gasteiger partial charge in [0.1, 0.15) is 5.52 Å². The first-order valence-electron chi connectivity index (χ1n) is 10.8. The number of hydrogen-bond donors (Lipinski definition) is 0. The SMILES string of the molecule is CCC/C=C/CCCCCCCCCCCC(=O)n1nnc2ccccc21. The molecule has 0 aliphatic heterocycles. The van der Waals surface area contributed by atoms with Gasteiger partial charge in [-0.2, -0.15) is 4.68 Å². The summed E-state index contributed by atoms with van der Waals surface area (Å²) in [6, 6.07) is 7.61. The fraction of sp³-hybridized carbons (Fsp3) is 0.609. The highest BCUT2D eigenvalue weighted by atomic mass is 16.2. The number of carbonyl (C=O) groups is 1. The van der Waals surface area contributed by atoms with E-state index in [2.05, 4.69) is 29.4 Å². The molecule has 1 aromatic heterocycles. The van der Waals surface area contributed by atoms with Crippen molar-refractivity contribution in [3.05, 3.63) is 36.4 Å². The molecule has 0 aliphatic carbocycles. The summed E-state index contributed by atoms with van der Waals surface area (Å²) >= 11 is 0. The summed E-state index contributed by atoms with van der Waals surface area (Å²) in [7, 11) is 0. The van der Waals surface area contributed by atoms with Crippen molar-refractivity contribution < 1.29 is 4.79 Å². The fourth-order valence-electron chi connectivity index (χ4n) is 3.34. The smallest absolute Gasteiger partial charge is 0.248 e. The van der Waals surface area contributed by atoms with Gasteiger partial charge in [0, 0.05) is 6.42 Å². The van der Waals surface area contributed by atoms with Crippen LogP contribution < -0.4 is 0 Å². The van der Waals surface area contributed by atoms with Crippen LogP contribution >= 0.6 is 0 Å². The average molecular weight is 370 g/mol. The van der Waals surface area contributed by atoms with Crippen molar-refractivity contribution in [1.82, 2.24) is 15.0 Å². The summed E-state index contributed by atoms with van der Waals surface area (Å²) < 4.78 is 1.45. The number of benzene rings is 1. The molecule has 0 radical (unpaired) electrons. The number of unbranched alkanes of at least 4 members (excludes halogenated alkanes) is 10. The van der Waals surface area contributed by atoms with E-state index in [1.54, 1.807) is 0 Å². The van der Waals surface area contributed by atoms with Crippen LogP contribution in [0, 0.1) is 0 Å². The van der Waals surface area contributed by atoms with Crippen LogP contribution in [0.1, 0.15) is 95.2 Å². The number of carbonyl (C=O) groups excluding carboxylic acids is 1. The van der Waals surface area contributed by atoms with Gasteiger partial charge in [-0.05, 0) is 37.8 Å². The van der Waals surface area contributed by atoms with Crippen molar-refractivity contribution in [2.45, 2.75) is 90.4 Å². The normalized spacial score (nSPS) is 11.6. The van der Waals surface area contributed by atoms with Gasteiger partial charge in [-0.15, -0.1) is 5.10 Å². The van der Waals surface area contributed by atoms with Gasteiger partial charge in [0.15, 0.2) is 0 Å². The van der Waals surface area contributed by atoms with Crippen LogP contribution in [0.4, 0.5) is 0 Å². The largest absolute Gasteiger partial charge is 0.273 e. The lowest BCUT2D eigenvalue weighted by Gasteiger charge is -2.03. The summed E-state index contributed by atoms with van der Waals surface area (Å²) in [5.41, 5.74) is 1.59. The van der Waals surface area contributed by atoms with Crippen molar-refractivity contribution >= 4 is 16.9 Å². The topological polar surface area (TPSA) is 47.8 Å². The summed E-state index contributed by atoms with van der Waals surface area (Å²) in [4.78, 5) is 12.3. The van der Waals surface area contributed by atoms with Gasteiger partial charge in [-0.1, -0.05) is 87.8 Å². The van der Waals surface area contributed by atoms with E-state index in [9.17, 15) is 4.79 Å². The molecule has 1 heterocycles. The first kappa shape index (κ1) is 21.3. The second-order valence-corrected chi connectivity index (χ2v) is 7.36. The van der Waals surface area contributed by atoms with Gasteiger partial charge >= 0.3 is 0 Å². The maximum atomic E-state index is 12.3. The standard InChI is InChI=1S/C23H35N3O/c1-2-3-4-5-6-7-8-9-10-11-12-13-14-15-20-23(27)26-22-19-17-16-18-21(22)24-25-26/h4-5,16-19H,2-3,6-15,20H2,1H3/b5-4+. The lowest BCUT2D eigenvalue weighted by molar-refractivity contribution is 0.0886. The molecule has 4 nitrogen and oxygen atoms in total. The Bertz CT molecular complexity index is 690. The van der Waals surface area contributed by atoms with Crippen molar-refractivity contribution in [2.24, 2.45) is 0 Å². The van der Waals surface area contributed by atoms with Crippen molar-refractivity contribution in [2.75, 3.05) is 0 Å². The van der Waals surface area contributed by atoms with Crippen molar-refractivity contribution in [3.8, 4) is 0 Å². The van der Waals surface area contributed by atoms with Crippen LogP contribution in [0.15, 0.2) is 36.4 Å². The second-order valence-electron chi connectivity index (χ2n) is 7.36. The molecule has 4 heteroatoms. The van der Waals surface area contributed by atoms with Crippen LogP contribution in [0.25, 0.3) is 11.0 Å². The quantitative estimate of drug-likeness (QED) is 0.274. The molecule has 27 heavy (non-hydrogen) atoms. The number of hydrogen-bond acceptors (Lipinski definition) is 3. The maximum absolute atomic E-state index is 12.3. The first-order valence-corrected chi connectivity index (χ1v) is 10.8.